The Morgan fingerprint density at radius 3 is 2.54 bits per heavy atom. The van der Waals surface area contributed by atoms with Crippen LogP contribution in [-0.4, -0.2) is 77.0 Å². The highest BCUT2D eigenvalue weighted by Crippen LogP contribution is 2.31. The van der Waals surface area contributed by atoms with Crippen molar-refractivity contribution in [2.75, 3.05) is 33.5 Å². The molecule has 0 aromatic carbocycles. The number of hydrogen-bond acceptors (Lipinski definition) is 6. The average molecular weight is 396 g/mol. The fourth-order valence-corrected chi connectivity index (χ4v) is 3.01. The van der Waals surface area contributed by atoms with Gasteiger partial charge in [0.25, 0.3) is 0 Å². The second-order valence-corrected chi connectivity index (χ2v) is 12.9. The number of aliphatic imine (C=N–C) groups is 1. The molecular formula is C16H27F3N2O4Si. The highest BCUT2D eigenvalue weighted by molar-refractivity contribution is 6.76. The molecule has 0 aromatic heterocycles. The molecule has 1 aliphatic rings. The maximum Gasteiger partial charge on any atom is 0.421 e. The van der Waals surface area contributed by atoms with E-state index in [9.17, 15) is 23.1 Å². The molecule has 0 aromatic rings. The van der Waals surface area contributed by atoms with Gasteiger partial charge in [-0.1, -0.05) is 19.6 Å². The topological polar surface area (TPSA) is 80.2 Å². The van der Waals surface area contributed by atoms with Crippen LogP contribution in [0.25, 0.3) is 0 Å². The first-order valence-corrected chi connectivity index (χ1v) is 12.0. The van der Waals surface area contributed by atoms with Gasteiger partial charge in [0.05, 0.1) is 31.6 Å². The van der Waals surface area contributed by atoms with E-state index in [1.165, 1.54) is 7.11 Å². The molecule has 0 saturated carbocycles. The highest BCUT2D eigenvalue weighted by Gasteiger charge is 2.45. The minimum atomic E-state index is -4.84. The number of aliphatic hydroxyl groups excluding tert-OH is 1. The Balaban J connectivity index is 2.85. The van der Waals surface area contributed by atoms with Gasteiger partial charge in [0.1, 0.15) is 11.6 Å². The van der Waals surface area contributed by atoms with Crippen LogP contribution < -0.4 is 5.32 Å². The van der Waals surface area contributed by atoms with Crippen LogP contribution in [0.2, 0.25) is 25.7 Å². The Kier molecular flexibility index (Phi) is 8.45. The molecule has 1 rings (SSSR count). The van der Waals surface area contributed by atoms with Crippen LogP contribution in [0.5, 0.6) is 0 Å². The maximum atomic E-state index is 13.4. The lowest BCUT2D eigenvalue weighted by Gasteiger charge is -2.26. The van der Waals surface area contributed by atoms with E-state index in [0.717, 1.165) is 12.3 Å². The van der Waals surface area contributed by atoms with Crippen molar-refractivity contribution in [3.8, 4) is 0 Å². The van der Waals surface area contributed by atoms with E-state index in [-0.39, 0.29) is 13.2 Å². The summed E-state index contributed by atoms with van der Waals surface area (Å²) >= 11 is 0. The molecule has 10 heteroatoms. The molecule has 0 spiro atoms. The Morgan fingerprint density at radius 2 is 2.04 bits per heavy atom. The van der Waals surface area contributed by atoms with E-state index in [1.807, 2.05) is 0 Å². The standard InChI is InChI=1S/C16H27F3N2O4Si/c1-24-9-11(8-22)21-12-7-20-13(10-25-5-6-26(2,3)4)15(23)14(12)16(17,18)19/h7,11,13,21-22H,5-6,8-10H2,1-4H3/t11-,13?/m0/s1. The van der Waals surface area contributed by atoms with Crippen molar-refractivity contribution in [3.63, 3.8) is 0 Å². The smallest absolute Gasteiger partial charge is 0.394 e. The maximum absolute atomic E-state index is 13.4. The number of allylic oxidation sites excluding steroid dienone is 1. The fraction of sp³-hybridized carbons (Fsp3) is 0.750. The van der Waals surface area contributed by atoms with Crippen LogP contribution >= 0.6 is 0 Å². The van der Waals surface area contributed by atoms with Gasteiger partial charge in [-0.3, -0.25) is 9.79 Å². The van der Waals surface area contributed by atoms with Crippen molar-refractivity contribution in [2.24, 2.45) is 4.99 Å². The van der Waals surface area contributed by atoms with E-state index in [0.29, 0.717) is 6.61 Å². The first-order valence-electron chi connectivity index (χ1n) is 8.32. The normalized spacial score (nSPS) is 19.8. The Labute approximate surface area is 152 Å². The summed E-state index contributed by atoms with van der Waals surface area (Å²) in [7, 11) is 0.0293. The number of carbonyl (C=O) groups excluding carboxylic acids is 1. The Bertz CT molecular complexity index is 545. The van der Waals surface area contributed by atoms with Crippen molar-refractivity contribution in [1.82, 2.24) is 5.32 Å². The molecule has 0 saturated heterocycles. The molecule has 2 atom stereocenters. The predicted molar refractivity (Wildman–Crippen MR) is 95.2 cm³/mol. The number of carbonyl (C=O) groups is 1. The van der Waals surface area contributed by atoms with Crippen molar-refractivity contribution in [1.29, 1.82) is 0 Å². The summed E-state index contributed by atoms with van der Waals surface area (Å²) in [4.78, 5) is 16.2. The van der Waals surface area contributed by atoms with Gasteiger partial charge >= 0.3 is 6.18 Å². The Morgan fingerprint density at radius 1 is 1.38 bits per heavy atom. The van der Waals surface area contributed by atoms with E-state index in [1.54, 1.807) is 0 Å². The molecule has 26 heavy (non-hydrogen) atoms. The zero-order valence-corrected chi connectivity index (χ0v) is 16.5. The van der Waals surface area contributed by atoms with Crippen molar-refractivity contribution < 1.29 is 32.5 Å². The van der Waals surface area contributed by atoms with Gasteiger partial charge in [-0.25, -0.2) is 0 Å². The number of ketones is 1. The van der Waals surface area contributed by atoms with Crippen molar-refractivity contribution in [2.45, 2.75) is 43.9 Å². The van der Waals surface area contributed by atoms with Gasteiger partial charge in [0, 0.05) is 28.0 Å². The summed E-state index contributed by atoms with van der Waals surface area (Å²) in [5.41, 5.74) is -1.77. The molecule has 6 nitrogen and oxygen atoms in total. The number of dihydropyridines is 1. The molecule has 0 fully saturated rings. The van der Waals surface area contributed by atoms with E-state index < -0.39 is 50.0 Å². The second-order valence-electron chi connectivity index (χ2n) is 7.31. The van der Waals surface area contributed by atoms with Crippen molar-refractivity contribution >= 4 is 20.1 Å². The summed E-state index contributed by atoms with van der Waals surface area (Å²) in [6.07, 6.45) is -3.86. The lowest BCUT2D eigenvalue weighted by atomic mass is 9.99. The molecule has 0 radical (unpaired) electrons. The number of hydrogen-bond donors (Lipinski definition) is 2. The summed E-state index contributed by atoms with van der Waals surface area (Å²) in [6, 6.07) is -1.15. The minimum Gasteiger partial charge on any atom is -0.394 e. The summed E-state index contributed by atoms with van der Waals surface area (Å²) in [6.45, 7) is 6.20. The molecule has 150 valence electrons. The minimum absolute atomic E-state index is 0.0175. The molecule has 1 heterocycles. The number of rotatable bonds is 10. The van der Waals surface area contributed by atoms with Crippen LogP contribution in [0.1, 0.15) is 0 Å². The van der Waals surface area contributed by atoms with Crippen LogP contribution in [0.15, 0.2) is 16.3 Å². The van der Waals surface area contributed by atoms with Crippen LogP contribution in [0.4, 0.5) is 13.2 Å². The van der Waals surface area contributed by atoms with Gasteiger partial charge in [0.15, 0.2) is 5.78 Å². The first kappa shape index (κ1) is 22.8. The SMILES string of the molecule is COC[C@H](CO)NC1=C(C(F)(F)F)C(=O)C(COCC[Si](C)(C)C)N=C1. The summed E-state index contributed by atoms with van der Waals surface area (Å²) < 4.78 is 50.4. The molecule has 0 aliphatic carbocycles. The number of nitrogens with zero attached hydrogens (tertiary/aromatic N) is 1. The summed E-state index contributed by atoms with van der Waals surface area (Å²) in [5, 5.41) is 11.7. The van der Waals surface area contributed by atoms with Gasteiger partial charge in [0.2, 0.25) is 0 Å². The number of ether oxygens (including phenoxy) is 2. The summed E-state index contributed by atoms with van der Waals surface area (Å²) in [5.74, 6) is -1.13. The van der Waals surface area contributed by atoms with Crippen LogP contribution in [0.3, 0.4) is 0 Å². The van der Waals surface area contributed by atoms with Crippen LogP contribution in [0, 0.1) is 0 Å². The van der Waals surface area contributed by atoms with Crippen LogP contribution in [-0.2, 0) is 14.3 Å². The molecule has 1 aliphatic heterocycles. The number of aliphatic hydroxyl groups is 1. The highest BCUT2D eigenvalue weighted by atomic mass is 28.3. The zero-order valence-electron chi connectivity index (χ0n) is 15.5. The van der Waals surface area contributed by atoms with E-state index in [4.69, 9.17) is 9.47 Å². The van der Waals surface area contributed by atoms with Gasteiger partial charge in [-0.15, -0.1) is 0 Å². The number of Topliss-reactive ketones (excluding diaryl/α,β-unsaturated/α-hetero) is 1. The number of methoxy groups -OCH3 is 1. The largest absolute Gasteiger partial charge is 0.421 e. The lowest BCUT2D eigenvalue weighted by molar-refractivity contribution is -0.131. The number of halogens is 3. The fourth-order valence-electron chi connectivity index (χ4n) is 2.25. The Hall–Kier alpha value is -1.23. The number of alkyl halides is 3. The quantitative estimate of drug-likeness (QED) is 0.435. The number of nitrogens with one attached hydrogen (secondary N) is 1. The third-order valence-corrected chi connectivity index (χ3v) is 5.41. The zero-order chi connectivity index (χ0) is 20.0. The third-order valence-electron chi connectivity index (χ3n) is 3.71. The van der Waals surface area contributed by atoms with E-state index >= 15 is 0 Å². The third kappa shape index (κ3) is 7.18. The second kappa shape index (κ2) is 9.63. The molecule has 0 amide bonds. The molecule has 0 bridgehead atoms. The average Bonchev–Trinajstić information content (AvgIpc) is 2.50. The monoisotopic (exact) mass is 396 g/mol. The van der Waals surface area contributed by atoms with Gasteiger partial charge < -0.3 is 19.9 Å². The lowest BCUT2D eigenvalue weighted by Crippen LogP contribution is -2.43. The molecule has 1 unspecified atom stereocenters. The van der Waals surface area contributed by atoms with Gasteiger partial charge in [-0.05, 0) is 6.04 Å². The molecular weight excluding hydrogens is 369 g/mol. The van der Waals surface area contributed by atoms with Crippen molar-refractivity contribution in [3.05, 3.63) is 11.3 Å². The van der Waals surface area contributed by atoms with E-state index in [2.05, 4.69) is 30.0 Å². The molecule has 2 N–H and O–H groups in total. The van der Waals surface area contributed by atoms with Gasteiger partial charge in [-0.2, -0.15) is 13.2 Å². The predicted octanol–water partition coefficient (Wildman–Crippen LogP) is 1.78. The first-order chi connectivity index (χ1) is 12.0.